The maximum Gasteiger partial charge on any atom is 0.228 e. The molecule has 18 heavy (non-hydrogen) atoms. The van der Waals surface area contributed by atoms with Gasteiger partial charge in [0.05, 0.1) is 5.56 Å². The molecule has 0 bridgehead atoms. The monoisotopic (exact) mass is 267 g/mol. The van der Waals surface area contributed by atoms with Crippen molar-refractivity contribution in [3.63, 3.8) is 0 Å². The molecule has 0 aliphatic carbocycles. The normalized spacial score (nSPS) is 10.3. The first-order chi connectivity index (χ1) is 8.70. The van der Waals surface area contributed by atoms with Crippen LogP contribution >= 0.6 is 11.6 Å². The van der Waals surface area contributed by atoms with Gasteiger partial charge < -0.3 is 9.84 Å². The third kappa shape index (κ3) is 2.80. The fourth-order valence-corrected chi connectivity index (χ4v) is 1.53. The minimum atomic E-state index is 0.121. The highest BCUT2D eigenvalue weighted by Crippen LogP contribution is 2.16. The summed E-state index contributed by atoms with van der Waals surface area (Å²) in [6.07, 6.45) is 2.43. The van der Waals surface area contributed by atoms with Crippen molar-refractivity contribution >= 4 is 23.7 Å². The minimum Gasteiger partial charge on any atom is -0.369 e. The Morgan fingerprint density at radius 3 is 3.00 bits per heavy atom. The molecule has 0 radical (unpaired) electrons. The lowest BCUT2D eigenvalue weighted by Gasteiger charge is -2.06. The summed E-state index contributed by atoms with van der Waals surface area (Å²) >= 11 is 5.77. The summed E-state index contributed by atoms with van der Waals surface area (Å²) in [6, 6.07) is 0. The molecular weight excluding hydrogens is 258 g/mol. The number of aryl methyl sites for hydroxylation is 1. The van der Waals surface area contributed by atoms with E-state index in [0.717, 1.165) is 0 Å². The maximum absolute atomic E-state index is 10.8. The van der Waals surface area contributed by atoms with Crippen molar-refractivity contribution in [1.82, 2.24) is 20.1 Å². The fraction of sp³-hybridized carbons (Fsp3) is 0.300. The molecule has 0 amide bonds. The molecule has 0 unspecified atom stereocenters. The summed E-state index contributed by atoms with van der Waals surface area (Å²) in [7, 11) is 0. The molecule has 0 aliphatic rings. The van der Waals surface area contributed by atoms with E-state index in [-0.39, 0.29) is 10.7 Å². The predicted molar refractivity (Wildman–Crippen MR) is 63.7 cm³/mol. The van der Waals surface area contributed by atoms with Crippen LogP contribution in [0.1, 0.15) is 22.1 Å². The van der Waals surface area contributed by atoms with Crippen molar-refractivity contribution in [3.8, 4) is 0 Å². The molecule has 0 spiro atoms. The molecule has 0 atom stereocenters. The summed E-state index contributed by atoms with van der Waals surface area (Å²) in [6.45, 7) is 2.24. The molecule has 2 aromatic rings. The van der Waals surface area contributed by atoms with Gasteiger partial charge in [-0.2, -0.15) is 4.98 Å². The van der Waals surface area contributed by atoms with Gasteiger partial charge in [-0.1, -0.05) is 16.8 Å². The van der Waals surface area contributed by atoms with Crippen molar-refractivity contribution < 1.29 is 9.32 Å². The van der Waals surface area contributed by atoms with E-state index in [1.807, 2.05) is 0 Å². The number of carbonyl (C=O) groups is 1. The third-order valence-electron chi connectivity index (χ3n) is 2.15. The third-order valence-corrected chi connectivity index (χ3v) is 2.46. The van der Waals surface area contributed by atoms with Gasteiger partial charge in [0, 0.05) is 13.0 Å². The molecule has 2 aromatic heterocycles. The van der Waals surface area contributed by atoms with Crippen LogP contribution in [0.4, 0.5) is 5.82 Å². The van der Waals surface area contributed by atoms with Crippen molar-refractivity contribution in [3.05, 3.63) is 28.8 Å². The number of carbonyl (C=O) groups excluding carboxylic acids is 1. The highest BCUT2D eigenvalue weighted by molar-refractivity contribution is 6.32. The van der Waals surface area contributed by atoms with Gasteiger partial charge in [0.1, 0.15) is 17.3 Å². The van der Waals surface area contributed by atoms with Gasteiger partial charge in [0.25, 0.3) is 0 Å². The lowest BCUT2D eigenvalue weighted by Crippen LogP contribution is -2.09. The number of hydrogen-bond donors (Lipinski definition) is 1. The zero-order valence-electron chi connectivity index (χ0n) is 9.55. The van der Waals surface area contributed by atoms with Crippen LogP contribution in [0.25, 0.3) is 0 Å². The predicted octanol–water partition coefficient (Wildman–Crippen LogP) is 1.29. The Morgan fingerprint density at radius 1 is 1.50 bits per heavy atom. The van der Waals surface area contributed by atoms with Crippen LogP contribution in [0.2, 0.25) is 5.15 Å². The van der Waals surface area contributed by atoms with Crippen LogP contribution in [-0.2, 0) is 6.42 Å². The summed E-state index contributed by atoms with van der Waals surface area (Å²) < 4.78 is 4.95. The molecule has 0 aromatic carbocycles. The Kier molecular flexibility index (Phi) is 3.83. The SMILES string of the molecule is Cc1noc(CCNc2ncnc(Cl)c2C=O)n1. The highest BCUT2D eigenvalue weighted by atomic mass is 35.5. The van der Waals surface area contributed by atoms with Gasteiger partial charge in [-0.25, -0.2) is 9.97 Å². The average Bonchev–Trinajstić information content (AvgIpc) is 2.75. The second-order valence-electron chi connectivity index (χ2n) is 3.46. The van der Waals surface area contributed by atoms with Crippen molar-refractivity contribution in [2.45, 2.75) is 13.3 Å². The quantitative estimate of drug-likeness (QED) is 0.644. The molecule has 2 rings (SSSR count). The summed E-state index contributed by atoms with van der Waals surface area (Å²) in [5.74, 6) is 1.50. The van der Waals surface area contributed by atoms with Crippen LogP contribution < -0.4 is 5.32 Å². The smallest absolute Gasteiger partial charge is 0.228 e. The van der Waals surface area contributed by atoms with E-state index in [1.165, 1.54) is 6.33 Å². The average molecular weight is 268 g/mol. The maximum atomic E-state index is 10.8. The van der Waals surface area contributed by atoms with E-state index >= 15 is 0 Å². The molecule has 94 valence electrons. The number of aromatic nitrogens is 4. The van der Waals surface area contributed by atoms with E-state index in [4.69, 9.17) is 16.1 Å². The fourth-order valence-electron chi connectivity index (χ4n) is 1.35. The Morgan fingerprint density at radius 2 is 2.33 bits per heavy atom. The number of nitrogens with one attached hydrogen (secondary N) is 1. The van der Waals surface area contributed by atoms with E-state index in [9.17, 15) is 4.79 Å². The van der Waals surface area contributed by atoms with Crippen LogP contribution in [0.3, 0.4) is 0 Å². The Hall–Kier alpha value is -2.02. The van der Waals surface area contributed by atoms with E-state index in [2.05, 4.69) is 25.4 Å². The minimum absolute atomic E-state index is 0.121. The Balaban J connectivity index is 1.98. The highest BCUT2D eigenvalue weighted by Gasteiger charge is 2.09. The number of anilines is 1. The van der Waals surface area contributed by atoms with Crippen LogP contribution in [0.15, 0.2) is 10.9 Å². The molecule has 8 heteroatoms. The lowest BCUT2D eigenvalue weighted by molar-refractivity contribution is 0.112. The second kappa shape index (κ2) is 5.54. The summed E-state index contributed by atoms with van der Waals surface area (Å²) in [5, 5.41) is 6.76. The van der Waals surface area contributed by atoms with Gasteiger partial charge in [-0.15, -0.1) is 0 Å². The van der Waals surface area contributed by atoms with Gasteiger partial charge in [-0.3, -0.25) is 4.79 Å². The first-order valence-electron chi connectivity index (χ1n) is 5.19. The van der Waals surface area contributed by atoms with Crippen LogP contribution in [-0.4, -0.2) is 32.9 Å². The molecule has 1 N–H and O–H groups in total. The largest absolute Gasteiger partial charge is 0.369 e. The molecule has 7 nitrogen and oxygen atoms in total. The van der Waals surface area contributed by atoms with E-state index < -0.39 is 0 Å². The van der Waals surface area contributed by atoms with Crippen molar-refractivity contribution in [2.75, 3.05) is 11.9 Å². The number of aldehydes is 1. The number of halogens is 1. The second-order valence-corrected chi connectivity index (χ2v) is 3.81. The molecule has 0 saturated heterocycles. The Bertz CT molecular complexity index is 557. The zero-order valence-corrected chi connectivity index (χ0v) is 10.3. The van der Waals surface area contributed by atoms with Crippen molar-refractivity contribution in [2.24, 2.45) is 0 Å². The number of hydrogen-bond acceptors (Lipinski definition) is 7. The first-order valence-corrected chi connectivity index (χ1v) is 5.57. The molecule has 0 aliphatic heterocycles. The molecule has 0 fully saturated rings. The van der Waals surface area contributed by atoms with Gasteiger partial charge in [0.2, 0.25) is 5.89 Å². The first kappa shape index (κ1) is 12.4. The topological polar surface area (TPSA) is 93.8 Å². The van der Waals surface area contributed by atoms with Crippen molar-refractivity contribution in [1.29, 1.82) is 0 Å². The number of nitrogens with zero attached hydrogens (tertiary/aromatic N) is 4. The lowest BCUT2D eigenvalue weighted by atomic mass is 10.3. The summed E-state index contributed by atoms with van der Waals surface area (Å²) in [5.41, 5.74) is 0.237. The Labute approximate surface area is 108 Å². The molecule has 2 heterocycles. The van der Waals surface area contributed by atoms with E-state index in [1.54, 1.807) is 6.92 Å². The van der Waals surface area contributed by atoms with Gasteiger partial charge in [0.15, 0.2) is 12.1 Å². The van der Waals surface area contributed by atoms with Crippen LogP contribution in [0, 0.1) is 6.92 Å². The van der Waals surface area contributed by atoms with Gasteiger partial charge in [-0.05, 0) is 6.92 Å². The van der Waals surface area contributed by atoms with Gasteiger partial charge >= 0.3 is 0 Å². The molecule has 0 saturated carbocycles. The zero-order chi connectivity index (χ0) is 13.0. The van der Waals surface area contributed by atoms with Crippen LogP contribution in [0.5, 0.6) is 0 Å². The molecular formula is C10H10ClN5O2. The number of rotatable bonds is 5. The summed E-state index contributed by atoms with van der Waals surface area (Å²) in [4.78, 5) is 22.6. The van der Waals surface area contributed by atoms with E-state index in [0.29, 0.717) is 36.8 Å². The standard InChI is InChI=1S/C10H10ClN5O2/c1-6-15-8(18-16-6)2-3-12-10-7(4-17)9(11)13-5-14-10/h4-5H,2-3H2,1H3,(H,12,13,14).